The molecule has 2 rings (SSSR count). The summed E-state index contributed by atoms with van der Waals surface area (Å²) in [6.45, 7) is 6.07. The van der Waals surface area contributed by atoms with Gasteiger partial charge in [-0.25, -0.2) is 4.98 Å². The lowest BCUT2D eigenvalue weighted by atomic mass is 10.2. The van der Waals surface area contributed by atoms with Crippen LogP contribution < -0.4 is 10.1 Å². The van der Waals surface area contributed by atoms with Crippen LogP contribution in [0.15, 0.2) is 6.07 Å². The quantitative estimate of drug-likeness (QED) is 0.853. The van der Waals surface area contributed by atoms with Gasteiger partial charge in [0.15, 0.2) is 0 Å². The van der Waals surface area contributed by atoms with Gasteiger partial charge in [0.1, 0.15) is 0 Å². The van der Waals surface area contributed by atoms with Crippen molar-refractivity contribution in [3.8, 4) is 5.88 Å². The second-order valence-electron chi connectivity index (χ2n) is 5.15. The minimum atomic E-state index is 0.480. The molecule has 1 aromatic heterocycles. The molecule has 0 saturated carbocycles. The summed E-state index contributed by atoms with van der Waals surface area (Å²) in [6, 6.07) is 2.31. The SMILES string of the molecule is COc1cc(C)nc(NCC2CN(C)CCN2C)n1. The Morgan fingerprint density at radius 1 is 1.37 bits per heavy atom. The van der Waals surface area contributed by atoms with Crippen LogP contribution in [0.1, 0.15) is 5.69 Å². The Labute approximate surface area is 114 Å². The molecule has 0 radical (unpaired) electrons. The van der Waals surface area contributed by atoms with Crippen LogP contribution in [0.5, 0.6) is 5.88 Å². The van der Waals surface area contributed by atoms with Crippen molar-refractivity contribution in [3.05, 3.63) is 11.8 Å². The van der Waals surface area contributed by atoms with E-state index in [0.29, 0.717) is 17.9 Å². The molecule has 6 nitrogen and oxygen atoms in total. The molecule has 0 aliphatic carbocycles. The third kappa shape index (κ3) is 3.78. The highest BCUT2D eigenvalue weighted by molar-refractivity contribution is 5.30. The van der Waals surface area contributed by atoms with Crippen molar-refractivity contribution in [3.63, 3.8) is 0 Å². The standard InChI is InChI=1S/C13H23N5O/c1-10-7-12(19-4)16-13(15-10)14-8-11-9-17(2)5-6-18(11)3/h7,11H,5-6,8-9H2,1-4H3,(H,14,15,16). The van der Waals surface area contributed by atoms with Crippen LogP contribution in [0, 0.1) is 6.92 Å². The van der Waals surface area contributed by atoms with Crippen molar-refractivity contribution in [2.45, 2.75) is 13.0 Å². The van der Waals surface area contributed by atoms with Crippen molar-refractivity contribution in [1.82, 2.24) is 19.8 Å². The number of rotatable bonds is 4. The highest BCUT2D eigenvalue weighted by Gasteiger charge is 2.22. The van der Waals surface area contributed by atoms with Crippen molar-refractivity contribution in [2.75, 3.05) is 52.7 Å². The van der Waals surface area contributed by atoms with Gasteiger partial charge in [0.05, 0.1) is 7.11 Å². The molecule has 19 heavy (non-hydrogen) atoms. The number of hydrogen-bond acceptors (Lipinski definition) is 6. The zero-order chi connectivity index (χ0) is 13.8. The minimum absolute atomic E-state index is 0.480. The molecule has 0 aromatic carbocycles. The van der Waals surface area contributed by atoms with E-state index in [9.17, 15) is 0 Å². The normalized spacial score (nSPS) is 21.4. The van der Waals surface area contributed by atoms with Crippen molar-refractivity contribution in [1.29, 1.82) is 0 Å². The van der Waals surface area contributed by atoms with E-state index in [1.807, 2.05) is 13.0 Å². The van der Waals surface area contributed by atoms with Gasteiger partial charge in [0.2, 0.25) is 11.8 Å². The zero-order valence-corrected chi connectivity index (χ0v) is 12.2. The molecule has 1 fully saturated rings. The van der Waals surface area contributed by atoms with Crippen LogP contribution in [0.25, 0.3) is 0 Å². The molecule has 1 aliphatic heterocycles. The van der Waals surface area contributed by atoms with Gasteiger partial charge in [-0.1, -0.05) is 0 Å². The first-order valence-corrected chi connectivity index (χ1v) is 6.61. The molecule has 1 atom stereocenters. The van der Waals surface area contributed by atoms with E-state index in [1.54, 1.807) is 7.11 Å². The molecular formula is C13H23N5O. The van der Waals surface area contributed by atoms with Gasteiger partial charge in [-0.15, -0.1) is 0 Å². The third-order valence-electron chi connectivity index (χ3n) is 3.52. The molecule has 1 unspecified atom stereocenters. The summed E-state index contributed by atoms with van der Waals surface area (Å²) in [5, 5.41) is 3.31. The molecule has 1 aromatic rings. The summed E-state index contributed by atoms with van der Waals surface area (Å²) >= 11 is 0. The summed E-state index contributed by atoms with van der Waals surface area (Å²) in [5.41, 5.74) is 0.906. The first-order chi connectivity index (χ1) is 9.08. The molecule has 106 valence electrons. The van der Waals surface area contributed by atoms with E-state index < -0.39 is 0 Å². The van der Waals surface area contributed by atoms with E-state index in [0.717, 1.165) is 31.9 Å². The molecule has 1 N–H and O–H groups in total. The van der Waals surface area contributed by atoms with Crippen LogP contribution in [0.4, 0.5) is 5.95 Å². The summed E-state index contributed by atoms with van der Waals surface area (Å²) in [5.74, 6) is 1.24. The van der Waals surface area contributed by atoms with E-state index in [4.69, 9.17) is 4.74 Å². The highest BCUT2D eigenvalue weighted by Crippen LogP contribution is 2.12. The summed E-state index contributed by atoms with van der Waals surface area (Å²) < 4.78 is 5.16. The fourth-order valence-electron chi connectivity index (χ4n) is 2.25. The fourth-order valence-corrected chi connectivity index (χ4v) is 2.25. The van der Waals surface area contributed by atoms with Crippen LogP contribution in [0.2, 0.25) is 0 Å². The van der Waals surface area contributed by atoms with Gasteiger partial charge < -0.3 is 15.0 Å². The Hall–Kier alpha value is -1.40. The predicted molar refractivity (Wildman–Crippen MR) is 75.7 cm³/mol. The largest absolute Gasteiger partial charge is 0.481 e. The average Bonchev–Trinajstić information content (AvgIpc) is 2.39. The number of piperazine rings is 1. The topological polar surface area (TPSA) is 53.5 Å². The van der Waals surface area contributed by atoms with Crippen molar-refractivity contribution in [2.24, 2.45) is 0 Å². The van der Waals surface area contributed by atoms with Crippen LogP contribution in [-0.2, 0) is 0 Å². The smallest absolute Gasteiger partial charge is 0.226 e. The summed E-state index contributed by atoms with van der Waals surface area (Å²) in [4.78, 5) is 13.4. The Kier molecular flexibility index (Phi) is 4.55. The monoisotopic (exact) mass is 265 g/mol. The number of likely N-dealkylation sites (N-methyl/N-ethyl adjacent to an activating group) is 2. The van der Waals surface area contributed by atoms with E-state index in [1.165, 1.54) is 0 Å². The van der Waals surface area contributed by atoms with Gasteiger partial charge in [0, 0.05) is 44.0 Å². The number of anilines is 1. The van der Waals surface area contributed by atoms with Gasteiger partial charge in [-0.2, -0.15) is 4.98 Å². The Bertz CT molecular complexity index is 425. The number of methoxy groups -OCH3 is 1. The van der Waals surface area contributed by atoms with Crippen molar-refractivity contribution < 1.29 is 4.74 Å². The molecule has 1 aliphatic rings. The maximum absolute atomic E-state index is 5.16. The van der Waals surface area contributed by atoms with Gasteiger partial charge in [0.25, 0.3) is 0 Å². The molecule has 0 amide bonds. The van der Waals surface area contributed by atoms with E-state index >= 15 is 0 Å². The zero-order valence-electron chi connectivity index (χ0n) is 12.2. The first kappa shape index (κ1) is 14.0. The second-order valence-corrected chi connectivity index (χ2v) is 5.15. The number of nitrogens with one attached hydrogen (secondary N) is 1. The Morgan fingerprint density at radius 2 is 2.16 bits per heavy atom. The van der Waals surface area contributed by atoms with E-state index in [-0.39, 0.29) is 0 Å². The Morgan fingerprint density at radius 3 is 2.89 bits per heavy atom. The van der Waals surface area contributed by atoms with Crippen LogP contribution in [0.3, 0.4) is 0 Å². The number of nitrogens with zero attached hydrogens (tertiary/aromatic N) is 4. The third-order valence-corrected chi connectivity index (χ3v) is 3.52. The maximum atomic E-state index is 5.16. The van der Waals surface area contributed by atoms with Crippen LogP contribution >= 0.6 is 0 Å². The number of ether oxygens (including phenoxy) is 1. The molecule has 0 spiro atoms. The highest BCUT2D eigenvalue weighted by atomic mass is 16.5. The fraction of sp³-hybridized carbons (Fsp3) is 0.692. The van der Waals surface area contributed by atoms with Gasteiger partial charge >= 0.3 is 0 Å². The number of hydrogen-bond donors (Lipinski definition) is 1. The molecule has 0 bridgehead atoms. The van der Waals surface area contributed by atoms with Gasteiger partial charge in [-0.05, 0) is 21.0 Å². The Balaban J connectivity index is 1.96. The van der Waals surface area contributed by atoms with E-state index in [2.05, 4.69) is 39.2 Å². The number of aryl methyl sites for hydroxylation is 1. The minimum Gasteiger partial charge on any atom is -0.481 e. The second kappa shape index (κ2) is 6.16. The lowest BCUT2D eigenvalue weighted by Gasteiger charge is -2.37. The average molecular weight is 265 g/mol. The summed E-state index contributed by atoms with van der Waals surface area (Å²) in [6.07, 6.45) is 0. The van der Waals surface area contributed by atoms with Crippen molar-refractivity contribution >= 4 is 5.95 Å². The summed E-state index contributed by atoms with van der Waals surface area (Å²) in [7, 11) is 5.94. The number of aromatic nitrogens is 2. The molecule has 1 saturated heterocycles. The predicted octanol–water partition coefficient (Wildman–Crippen LogP) is 0.451. The molecule has 6 heteroatoms. The molecule has 2 heterocycles. The maximum Gasteiger partial charge on any atom is 0.226 e. The van der Waals surface area contributed by atoms with Crippen LogP contribution in [-0.4, -0.2) is 73.2 Å². The molecular weight excluding hydrogens is 242 g/mol. The van der Waals surface area contributed by atoms with Gasteiger partial charge in [-0.3, -0.25) is 4.90 Å². The lowest BCUT2D eigenvalue weighted by molar-refractivity contribution is 0.121. The first-order valence-electron chi connectivity index (χ1n) is 6.61. The lowest BCUT2D eigenvalue weighted by Crippen LogP contribution is -2.52.